The van der Waals surface area contributed by atoms with E-state index in [1.165, 1.54) is 24.1 Å². The van der Waals surface area contributed by atoms with Crippen molar-refractivity contribution in [1.82, 2.24) is 29.0 Å². The molecule has 3 aromatic heterocycles. The highest BCUT2D eigenvalue weighted by Crippen LogP contribution is 2.36. The van der Waals surface area contributed by atoms with Crippen LogP contribution in [0.2, 0.25) is 0 Å². The molecule has 0 saturated carbocycles. The first-order valence-corrected chi connectivity index (χ1v) is 11.1. The summed E-state index contributed by atoms with van der Waals surface area (Å²) >= 11 is 0. The number of carbonyl (C=O) groups excluding carboxylic acids is 1. The SMILES string of the molecule is [2H]C([2H])([2H])C(=O)N1CC[C@H](Nc2nc(OC)c3c(-c4cc(F)c5ncn(CCF)c5c4)c(F)cn3n2)[C@H](F)C1. The molecule has 1 amide bonds. The number of fused-ring (bicyclic) bond motifs is 2. The number of methoxy groups -OCH3 is 1. The van der Waals surface area contributed by atoms with E-state index < -0.39 is 49.8 Å². The Balaban J connectivity index is 1.47. The van der Waals surface area contributed by atoms with Crippen molar-refractivity contribution in [1.29, 1.82) is 0 Å². The normalized spacial score (nSPS) is 19.8. The Hall–Kier alpha value is -3.90. The van der Waals surface area contributed by atoms with Crippen LogP contribution in [0.25, 0.3) is 27.7 Å². The molecule has 0 unspecified atom stereocenters. The van der Waals surface area contributed by atoms with Crippen LogP contribution < -0.4 is 10.1 Å². The molecule has 1 fully saturated rings. The van der Waals surface area contributed by atoms with Crippen LogP contribution >= 0.6 is 0 Å². The van der Waals surface area contributed by atoms with Gasteiger partial charge in [-0.3, -0.25) is 4.79 Å². The van der Waals surface area contributed by atoms with Gasteiger partial charge in [-0.15, -0.1) is 5.10 Å². The Labute approximate surface area is 206 Å². The third-order valence-corrected chi connectivity index (χ3v) is 6.18. The lowest BCUT2D eigenvalue weighted by atomic mass is 10.0. The van der Waals surface area contributed by atoms with E-state index in [2.05, 4.69) is 20.4 Å². The monoisotopic (exact) mass is 508 g/mol. The minimum Gasteiger partial charge on any atom is -0.479 e. The lowest BCUT2D eigenvalue weighted by Crippen LogP contribution is -2.49. The second kappa shape index (κ2) is 9.28. The quantitative estimate of drug-likeness (QED) is 0.402. The second-order valence-electron chi connectivity index (χ2n) is 8.35. The summed E-state index contributed by atoms with van der Waals surface area (Å²) in [5.74, 6) is -2.81. The number of hydrogen-bond acceptors (Lipinski definition) is 6. The number of nitrogens with one attached hydrogen (secondary N) is 1. The number of likely N-dealkylation sites (tertiary alicyclic amines) is 1. The number of halogens is 4. The molecule has 1 N–H and O–H groups in total. The number of hydrogen-bond donors (Lipinski definition) is 1. The van der Waals surface area contributed by atoms with E-state index in [0.29, 0.717) is 0 Å². The van der Waals surface area contributed by atoms with Gasteiger partial charge in [-0.25, -0.2) is 27.1 Å². The van der Waals surface area contributed by atoms with Crippen molar-refractivity contribution in [2.24, 2.45) is 0 Å². The van der Waals surface area contributed by atoms with Crippen molar-refractivity contribution in [3.05, 3.63) is 36.3 Å². The average Bonchev–Trinajstić information content (AvgIpc) is 3.44. The number of nitrogens with zero attached hydrogens (tertiary/aromatic N) is 6. The molecule has 0 bridgehead atoms. The summed E-state index contributed by atoms with van der Waals surface area (Å²) in [6.07, 6.45) is 0.778. The first-order chi connectivity index (χ1) is 18.5. The van der Waals surface area contributed by atoms with Gasteiger partial charge in [-0.2, -0.15) is 4.98 Å². The predicted molar refractivity (Wildman–Crippen MR) is 123 cm³/mol. The van der Waals surface area contributed by atoms with E-state index in [0.717, 1.165) is 21.7 Å². The number of benzene rings is 1. The summed E-state index contributed by atoms with van der Waals surface area (Å²) in [5.41, 5.74) is 0.422. The number of alkyl halides is 2. The first kappa shape index (κ1) is 20.3. The fourth-order valence-electron chi connectivity index (χ4n) is 4.45. The highest BCUT2D eigenvalue weighted by molar-refractivity contribution is 5.90. The van der Waals surface area contributed by atoms with Crippen molar-refractivity contribution in [2.45, 2.75) is 32.0 Å². The van der Waals surface area contributed by atoms with Crippen LogP contribution in [-0.2, 0) is 11.3 Å². The van der Waals surface area contributed by atoms with Gasteiger partial charge in [0.25, 0.3) is 0 Å². The smallest absolute Gasteiger partial charge is 0.244 e. The van der Waals surface area contributed by atoms with Crippen LogP contribution in [0.5, 0.6) is 5.88 Å². The molecule has 9 nitrogen and oxygen atoms in total. The van der Waals surface area contributed by atoms with Crippen LogP contribution in [-0.4, -0.2) is 74.0 Å². The third-order valence-electron chi connectivity index (χ3n) is 6.18. The first-order valence-electron chi connectivity index (χ1n) is 12.6. The zero-order valence-corrected chi connectivity index (χ0v) is 19.0. The van der Waals surface area contributed by atoms with Crippen LogP contribution in [0, 0.1) is 11.6 Å². The van der Waals surface area contributed by atoms with E-state index >= 15 is 4.39 Å². The number of aromatic nitrogens is 5. The number of rotatable bonds is 6. The van der Waals surface area contributed by atoms with Crippen molar-refractivity contribution < 1.29 is 31.2 Å². The summed E-state index contributed by atoms with van der Waals surface area (Å²) in [4.78, 5) is 21.1. The number of amides is 1. The molecule has 4 heterocycles. The maximum Gasteiger partial charge on any atom is 0.244 e. The summed E-state index contributed by atoms with van der Waals surface area (Å²) in [6.45, 7) is -4.04. The Kier molecular flexibility index (Phi) is 5.24. The largest absolute Gasteiger partial charge is 0.479 e. The van der Waals surface area contributed by atoms with Gasteiger partial charge < -0.3 is 19.5 Å². The predicted octanol–water partition coefficient (Wildman–Crippen LogP) is 3.37. The van der Waals surface area contributed by atoms with Gasteiger partial charge in [-0.1, -0.05) is 0 Å². The number of ether oxygens (including phenoxy) is 1. The zero-order valence-electron chi connectivity index (χ0n) is 22.0. The van der Waals surface area contributed by atoms with Crippen LogP contribution in [0.15, 0.2) is 24.7 Å². The van der Waals surface area contributed by atoms with Crippen LogP contribution in [0.3, 0.4) is 0 Å². The van der Waals surface area contributed by atoms with Gasteiger partial charge in [0.15, 0.2) is 11.6 Å². The van der Waals surface area contributed by atoms with Gasteiger partial charge in [-0.05, 0) is 24.1 Å². The third kappa shape index (κ3) is 4.07. The van der Waals surface area contributed by atoms with E-state index in [-0.39, 0.29) is 59.0 Å². The molecule has 5 rings (SSSR count). The van der Waals surface area contributed by atoms with E-state index in [1.54, 1.807) is 0 Å². The highest BCUT2D eigenvalue weighted by Gasteiger charge is 2.31. The summed E-state index contributed by atoms with van der Waals surface area (Å²) in [7, 11) is 1.29. The topological polar surface area (TPSA) is 89.6 Å². The van der Waals surface area contributed by atoms with E-state index in [4.69, 9.17) is 8.85 Å². The maximum atomic E-state index is 15.3. The Bertz CT molecular complexity index is 1560. The molecule has 13 heteroatoms. The van der Waals surface area contributed by atoms with Crippen molar-refractivity contribution in [3.63, 3.8) is 0 Å². The van der Waals surface area contributed by atoms with Crippen LogP contribution in [0.1, 0.15) is 17.4 Å². The van der Waals surface area contributed by atoms with Crippen molar-refractivity contribution in [3.8, 4) is 17.0 Å². The highest BCUT2D eigenvalue weighted by atomic mass is 19.1. The van der Waals surface area contributed by atoms with Gasteiger partial charge in [0.2, 0.25) is 17.7 Å². The lowest BCUT2D eigenvalue weighted by molar-refractivity contribution is -0.131. The number of aryl methyl sites for hydroxylation is 1. The summed E-state index contributed by atoms with van der Waals surface area (Å²) < 4.78 is 87.6. The minimum absolute atomic E-state index is 0.00398. The fraction of sp³-hybridized carbons (Fsp3) is 0.391. The molecule has 190 valence electrons. The molecule has 2 atom stereocenters. The molecule has 4 aromatic rings. The van der Waals surface area contributed by atoms with Gasteiger partial charge in [0, 0.05) is 17.5 Å². The fourth-order valence-corrected chi connectivity index (χ4v) is 4.45. The molecule has 36 heavy (non-hydrogen) atoms. The Morgan fingerprint density at radius 1 is 1.33 bits per heavy atom. The molecule has 1 aliphatic heterocycles. The number of anilines is 1. The summed E-state index contributed by atoms with van der Waals surface area (Å²) in [5, 5.41) is 7.02. The minimum atomic E-state index is -2.86. The van der Waals surface area contributed by atoms with Crippen molar-refractivity contribution >= 4 is 28.4 Å². The second-order valence-corrected chi connectivity index (χ2v) is 8.35. The Morgan fingerprint density at radius 2 is 2.17 bits per heavy atom. The molecule has 1 aromatic carbocycles. The zero-order chi connectivity index (χ0) is 28.1. The van der Waals surface area contributed by atoms with Gasteiger partial charge in [0.1, 0.15) is 23.9 Å². The van der Waals surface area contributed by atoms with Crippen LogP contribution in [0.4, 0.5) is 23.5 Å². The van der Waals surface area contributed by atoms with E-state index in [9.17, 15) is 18.0 Å². The summed E-state index contributed by atoms with van der Waals surface area (Å²) in [6, 6.07) is 1.72. The standard InChI is InChI=1S/C23H23F4N7O2/c1-12(35)32-5-3-17(15(26)9-32)29-23-30-22(36-2)21-19(16(27)10-34(21)31-23)13-7-14(25)20-18(8-13)33(6-4-24)11-28-20/h7-8,10-11,15,17H,3-6,9H2,1-2H3,(H,29,31)/t15-,17+/m1/s1/i1D3. The maximum absolute atomic E-state index is 15.3. The number of piperidine rings is 1. The molecule has 1 aliphatic rings. The van der Waals surface area contributed by atoms with E-state index in [1.807, 2.05) is 0 Å². The Morgan fingerprint density at radius 3 is 2.89 bits per heavy atom. The lowest BCUT2D eigenvalue weighted by Gasteiger charge is -2.34. The van der Waals surface area contributed by atoms with Crippen molar-refractivity contribution in [2.75, 3.05) is 32.2 Å². The number of carbonyl (C=O) groups is 1. The van der Waals surface area contributed by atoms with Gasteiger partial charge in [0.05, 0.1) is 49.8 Å². The molecule has 0 spiro atoms. The van der Waals surface area contributed by atoms with Gasteiger partial charge >= 0.3 is 0 Å². The molecule has 1 saturated heterocycles. The molecule has 0 radical (unpaired) electrons. The molecular formula is C23H23F4N7O2. The average molecular weight is 508 g/mol. The molecule has 0 aliphatic carbocycles. The number of imidazole rings is 1. The molecular weight excluding hydrogens is 482 g/mol.